The molecule has 0 unspecified atom stereocenters. The highest BCUT2D eigenvalue weighted by atomic mass is 35.5. The van der Waals surface area contributed by atoms with E-state index >= 15 is 0 Å². The summed E-state index contributed by atoms with van der Waals surface area (Å²) in [5, 5.41) is 9.38. The molecule has 0 aliphatic carbocycles. The number of nitrogens with one attached hydrogen (secondary N) is 2. The molecule has 1 saturated heterocycles. The zero-order chi connectivity index (χ0) is 20.5. The lowest BCUT2D eigenvalue weighted by Crippen LogP contribution is -2.35. The molecule has 0 bridgehead atoms. The third kappa shape index (κ3) is 4.57. The van der Waals surface area contributed by atoms with Crippen LogP contribution in [0.15, 0.2) is 12.1 Å². The SMILES string of the molecule is O=C(O)[C@@H](F)C[C@H]1NC(=O)N(c2cc(NS(=O)(=O)CCl)c(Cl)cc2F)C1=O. The van der Waals surface area contributed by atoms with E-state index in [1.807, 2.05) is 10.0 Å². The van der Waals surface area contributed by atoms with Gasteiger partial charge in [0.15, 0.2) is 6.17 Å². The number of aliphatic carboxylic acids is 1. The van der Waals surface area contributed by atoms with Crippen LogP contribution < -0.4 is 14.9 Å². The average Bonchev–Trinajstić information content (AvgIpc) is 2.84. The predicted octanol–water partition coefficient (Wildman–Crippen LogP) is 1.65. The summed E-state index contributed by atoms with van der Waals surface area (Å²) in [4.78, 5) is 35.1. The Morgan fingerprint density at radius 1 is 1.41 bits per heavy atom. The Morgan fingerprint density at radius 2 is 2.04 bits per heavy atom. The molecular weight excluding hydrogens is 435 g/mol. The molecule has 1 aromatic rings. The quantitative estimate of drug-likeness (QED) is 0.431. The fraction of sp³-hybridized carbons (Fsp3) is 0.308. The number of carboxylic acids is 1. The van der Waals surface area contributed by atoms with Crippen molar-refractivity contribution in [3.05, 3.63) is 23.0 Å². The van der Waals surface area contributed by atoms with Crippen LogP contribution in [0.25, 0.3) is 0 Å². The number of halogens is 4. The molecule has 2 rings (SSSR count). The first-order valence-corrected chi connectivity index (χ1v) is 9.60. The number of rotatable bonds is 7. The van der Waals surface area contributed by atoms with Gasteiger partial charge in [-0.05, 0) is 12.1 Å². The number of anilines is 2. The Hall–Kier alpha value is -2.18. The van der Waals surface area contributed by atoms with Gasteiger partial charge in [-0.25, -0.2) is 31.7 Å². The number of hydrogen-bond acceptors (Lipinski definition) is 5. The number of carbonyl (C=O) groups is 3. The van der Waals surface area contributed by atoms with Gasteiger partial charge in [0.2, 0.25) is 10.0 Å². The van der Waals surface area contributed by atoms with E-state index in [0.29, 0.717) is 11.0 Å². The van der Waals surface area contributed by atoms with Crippen LogP contribution in [0.4, 0.5) is 25.0 Å². The Morgan fingerprint density at radius 3 is 2.59 bits per heavy atom. The lowest BCUT2D eigenvalue weighted by molar-refractivity contribution is -0.143. The van der Waals surface area contributed by atoms with Crippen molar-refractivity contribution in [2.24, 2.45) is 0 Å². The minimum Gasteiger partial charge on any atom is -0.479 e. The molecule has 9 nitrogen and oxygen atoms in total. The lowest BCUT2D eigenvalue weighted by Gasteiger charge is -2.17. The molecule has 14 heteroatoms. The molecule has 3 N–H and O–H groups in total. The van der Waals surface area contributed by atoms with E-state index in [4.69, 9.17) is 28.3 Å². The summed E-state index contributed by atoms with van der Waals surface area (Å²) < 4.78 is 52.6. The molecule has 27 heavy (non-hydrogen) atoms. The van der Waals surface area contributed by atoms with Crippen molar-refractivity contribution >= 4 is 62.5 Å². The second kappa shape index (κ2) is 7.82. The maximum atomic E-state index is 14.2. The van der Waals surface area contributed by atoms with Crippen LogP contribution >= 0.6 is 23.2 Å². The highest BCUT2D eigenvalue weighted by molar-refractivity contribution is 7.93. The van der Waals surface area contributed by atoms with Crippen molar-refractivity contribution in [2.75, 3.05) is 14.8 Å². The Balaban J connectivity index is 2.38. The second-order valence-corrected chi connectivity index (χ2v) is 8.04. The van der Waals surface area contributed by atoms with E-state index in [1.54, 1.807) is 0 Å². The van der Waals surface area contributed by atoms with E-state index in [2.05, 4.69) is 0 Å². The van der Waals surface area contributed by atoms with Crippen LogP contribution in [0, 0.1) is 5.82 Å². The van der Waals surface area contributed by atoms with Crippen molar-refractivity contribution in [2.45, 2.75) is 18.6 Å². The number of hydrogen-bond donors (Lipinski definition) is 3. The van der Waals surface area contributed by atoms with E-state index in [9.17, 15) is 31.6 Å². The Kier molecular flexibility index (Phi) is 6.12. The van der Waals surface area contributed by atoms with Crippen molar-refractivity contribution in [1.29, 1.82) is 0 Å². The van der Waals surface area contributed by atoms with Gasteiger partial charge in [-0.2, -0.15) is 0 Å². The van der Waals surface area contributed by atoms with Gasteiger partial charge in [0.1, 0.15) is 17.1 Å². The summed E-state index contributed by atoms with van der Waals surface area (Å²) in [6, 6.07) is -1.24. The molecular formula is C13H11Cl2F2N3O6S. The van der Waals surface area contributed by atoms with E-state index in [1.165, 1.54) is 0 Å². The van der Waals surface area contributed by atoms with Gasteiger partial charge >= 0.3 is 12.0 Å². The summed E-state index contributed by atoms with van der Waals surface area (Å²) in [7, 11) is -4.02. The number of alkyl halides is 2. The summed E-state index contributed by atoms with van der Waals surface area (Å²) in [5.41, 5.74) is -1.02. The number of carbonyl (C=O) groups excluding carboxylic acids is 2. The standard InChI is InChI=1S/C13H11Cl2F2N3O6S/c14-4-27(25,26)19-8-3-10(6(16)1-5(8)15)20-11(21)9(18-13(20)24)2-7(17)12(22)23/h1,3,7,9,19H,2,4H2,(H,18,24)(H,22,23)/t7-,9+/m0/s1. The zero-order valence-electron chi connectivity index (χ0n) is 13.1. The average molecular weight is 446 g/mol. The smallest absolute Gasteiger partial charge is 0.338 e. The van der Waals surface area contributed by atoms with E-state index in [-0.39, 0.29) is 10.7 Å². The van der Waals surface area contributed by atoms with Gasteiger partial charge in [0.05, 0.1) is 16.4 Å². The van der Waals surface area contributed by atoms with Crippen LogP contribution in [0.2, 0.25) is 5.02 Å². The molecule has 1 aliphatic rings. The molecule has 1 aromatic carbocycles. The lowest BCUT2D eigenvalue weighted by atomic mass is 10.1. The summed E-state index contributed by atoms with van der Waals surface area (Å²) in [6.07, 6.45) is -3.29. The molecule has 0 aromatic heterocycles. The van der Waals surface area contributed by atoms with E-state index in [0.717, 1.165) is 6.07 Å². The number of imide groups is 1. The van der Waals surface area contributed by atoms with Gasteiger partial charge in [-0.1, -0.05) is 11.6 Å². The highest BCUT2D eigenvalue weighted by Crippen LogP contribution is 2.33. The van der Waals surface area contributed by atoms with E-state index < -0.39 is 63.3 Å². The molecule has 0 radical (unpaired) electrons. The van der Waals surface area contributed by atoms with Crippen molar-refractivity contribution in [1.82, 2.24) is 5.32 Å². The van der Waals surface area contributed by atoms with Gasteiger partial charge in [-0.15, -0.1) is 11.6 Å². The minimum absolute atomic E-state index is 0.295. The van der Waals surface area contributed by atoms with Crippen molar-refractivity contribution in [3.8, 4) is 0 Å². The van der Waals surface area contributed by atoms with Gasteiger partial charge in [0, 0.05) is 6.42 Å². The first-order valence-electron chi connectivity index (χ1n) is 7.03. The van der Waals surface area contributed by atoms with Gasteiger partial charge < -0.3 is 10.4 Å². The van der Waals surface area contributed by atoms with Crippen LogP contribution in [-0.2, 0) is 19.6 Å². The summed E-state index contributed by atoms with van der Waals surface area (Å²) >= 11 is 11.0. The molecule has 3 amide bonds. The molecule has 0 spiro atoms. The topological polar surface area (TPSA) is 133 Å². The fourth-order valence-corrected chi connectivity index (χ4v) is 3.18. The van der Waals surface area contributed by atoms with Crippen LogP contribution in [0.3, 0.4) is 0 Å². The molecule has 148 valence electrons. The van der Waals surface area contributed by atoms with Gasteiger partial charge in [0.25, 0.3) is 5.91 Å². The molecule has 1 heterocycles. The number of carboxylic acid groups (broad SMARTS) is 1. The zero-order valence-corrected chi connectivity index (χ0v) is 15.4. The number of benzene rings is 1. The maximum Gasteiger partial charge on any atom is 0.338 e. The number of urea groups is 1. The Bertz CT molecular complexity index is 914. The number of nitrogens with zero attached hydrogens (tertiary/aromatic N) is 1. The third-order valence-corrected chi connectivity index (χ3v) is 5.41. The Labute approximate surface area is 161 Å². The first kappa shape index (κ1) is 21.1. The molecule has 2 atom stereocenters. The fourth-order valence-electron chi connectivity index (χ4n) is 2.21. The predicted molar refractivity (Wildman–Crippen MR) is 91.6 cm³/mol. The van der Waals surface area contributed by atoms with Crippen molar-refractivity contribution in [3.63, 3.8) is 0 Å². The summed E-state index contributed by atoms with van der Waals surface area (Å²) in [5.74, 6) is -4.09. The van der Waals surface area contributed by atoms with Gasteiger partial charge in [-0.3, -0.25) is 9.52 Å². The summed E-state index contributed by atoms with van der Waals surface area (Å²) in [6.45, 7) is 0. The van der Waals surface area contributed by atoms with Crippen LogP contribution in [-0.4, -0.2) is 48.9 Å². The second-order valence-electron chi connectivity index (χ2n) is 5.33. The van der Waals surface area contributed by atoms with Crippen LogP contribution in [0.5, 0.6) is 0 Å². The number of sulfonamides is 1. The molecule has 1 aliphatic heterocycles. The van der Waals surface area contributed by atoms with Crippen molar-refractivity contribution < 1.29 is 36.7 Å². The maximum absolute atomic E-state index is 14.2. The van der Waals surface area contributed by atoms with Crippen LogP contribution in [0.1, 0.15) is 6.42 Å². The largest absolute Gasteiger partial charge is 0.479 e. The first-order chi connectivity index (χ1) is 12.5. The molecule has 1 fully saturated rings. The third-order valence-electron chi connectivity index (χ3n) is 3.42. The molecule has 0 saturated carbocycles. The monoisotopic (exact) mass is 445 g/mol. The minimum atomic E-state index is -4.02. The number of amides is 3. The normalized spacial score (nSPS) is 18.4. The highest BCUT2D eigenvalue weighted by Gasteiger charge is 2.42.